The number of aryl methyl sites for hydroxylation is 3. The minimum absolute atomic E-state index is 0.325. The van der Waals surface area contributed by atoms with Crippen molar-refractivity contribution < 1.29 is 4.79 Å². The van der Waals surface area contributed by atoms with Gasteiger partial charge in [-0.15, -0.1) is 0 Å². The Balaban J connectivity index is 1.27. The van der Waals surface area contributed by atoms with E-state index in [1.807, 2.05) is 101 Å². The van der Waals surface area contributed by atoms with Crippen LogP contribution in [-0.2, 0) is 20.6 Å². The highest BCUT2D eigenvalue weighted by Gasteiger charge is 2.21. The first kappa shape index (κ1) is 29.7. The number of carbonyl (C=O) groups excluding carboxylic acids is 1. The van der Waals surface area contributed by atoms with Crippen molar-refractivity contribution in [3.8, 4) is 28.5 Å². The molecule has 2 N–H and O–H groups in total. The molecule has 6 rings (SSSR count). The number of hydrogen-bond donors (Lipinski definition) is 2. The van der Waals surface area contributed by atoms with E-state index in [-0.39, 0.29) is 6.03 Å². The van der Waals surface area contributed by atoms with E-state index in [1.54, 1.807) is 21.8 Å². The van der Waals surface area contributed by atoms with E-state index in [1.165, 1.54) is 11.1 Å². The van der Waals surface area contributed by atoms with Crippen LogP contribution in [0.15, 0.2) is 91.5 Å². The number of amides is 2. The number of rotatable bonds is 8. The van der Waals surface area contributed by atoms with E-state index in [4.69, 9.17) is 0 Å². The van der Waals surface area contributed by atoms with Gasteiger partial charge in [0.1, 0.15) is 11.9 Å². The van der Waals surface area contributed by atoms with E-state index in [2.05, 4.69) is 41.9 Å². The maximum Gasteiger partial charge on any atom is 0.327 e. The number of anilines is 4. The average molecular weight is 610 g/mol. The second-order valence-electron chi connectivity index (χ2n) is 10.7. The lowest BCUT2D eigenvalue weighted by Crippen LogP contribution is -2.37. The number of urea groups is 1. The van der Waals surface area contributed by atoms with Gasteiger partial charge < -0.3 is 10.6 Å². The lowest BCUT2D eigenvalue weighted by Gasteiger charge is -2.23. The van der Waals surface area contributed by atoms with Crippen LogP contribution in [0.4, 0.5) is 27.9 Å². The third-order valence-electron chi connectivity index (χ3n) is 7.54. The highest BCUT2D eigenvalue weighted by molar-refractivity contribution is 5.98. The third-order valence-corrected chi connectivity index (χ3v) is 7.54. The molecule has 0 aliphatic rings. The van der Waals surface area contributed by atoms with Crippen molar-refractivity contribution in [3.63, 3.8) is 0 Å². The normalized spacial score (nSPS) is 10.8. The first-order chi connectivity index (χ1) is 22.3. The minimum atomic E-state index is -0.325. The van der Waals surface area contributed by atoms with Crippen LogP contribution < -0.4 is 15.5 Å². The molecule has 0 saturated heterocycles. The molecule has 0 bridgehead atoms. The van der Waals surface area contributed by atoms with Gasteiger partial charge in [-0.05, 0) is 55.8 Å². The first-order valence-corrected chi connectivity index (χ1v) is 14.5. The highest BCUT2D eigenvalue weighted by Crippen LogP contribution is 2.30. The van der Waals surface area contributed by atoms with Crippen molar-refractivity contribution in [3.05, 3.63) is 114 Å². The zero-order chi connectivity index (χ0) is 32.2. The number of benzene rings is 2. The molecule has 0 aliphatic heterocycles. The van der Waals surface area contributed by atoms with Crippen molar-refractivity contribution >= 4 is 29.2 Å². The van der Waals surface area contributed by atoms with Crippen LogP contribution in [0.1, 0.15) is 22.5 Å². The van der Waals surface area contributed by atoms with Crippen molar-refractivity contribution in [2.45, 2.75) is 20.4 Å². The van der Waals surface area contributed by atoms with Gasteiger partial charge in [0.2, 0.25) is 5.95 Å². The van der Waals surface area contributed by atoms with Gasteiger partial charge in [-0.1, -0.05) is 30.3 Å². The van der Waals surface area contributed by atoms with Crippen molar-refractivity contribution in [1.82, 2.24) is 39.8 Å². The Hall–Kier alpha value is -6.35. The maximum absolute atomic E-state index is 13.6. The Kier molecular flexibility index (Phi) is 8.21. The van der Waals surface area contributed by atoms with Crippen LogP contribution in [0.5, 0.6) is 0 Å². The molecule has 12 nitrogen and oxygen atoms in total. The SMILES string of the molecule is Cc1nn(C)c(C)c1-c1nc(Nc2ccc(N(C(=O)NCc3ccccc3)c3ccc(-c4cnn(C)c4)cn3)cc2)ncc1C#N. The van der Waals surface area contributed by atoms with Gasteiger partial charge in [-0.3, -0.25) is 9.36 Å². The lowest BCUT2D eigenvalue weighted by atomic mass is 10.1. The summed E-state index contributed by atoms with van der Waals surface area (Å²) in [7, 11) is 3.72. The summed E-state index contributed by atoms with van der Waals surface area (Å²) < 4.78 is 3.50. The molecule has 0 radical (unpaired) electrons. The van der Waals surface area contributed by atoms with E-state index < -0.39 is 0 Å². The summed E-state index contributed by atoms with van der Waals surface area (Å²) in [6, 6.07) is 22.6. The Morgan fingerprint density at radius 3 is 2.35 bits per heavy atom. The predicted octanol–water partition coefficient (Wildman–Crippen LogP) is 5.95. The summed E-state index contributed by atoms with van der Waals surface area (Å²) in [6.07, 6.45) is 6.91. The highest BCUT2D eigenvalue weighted by atomic mass is 16.2. The van der Waals surface area contributed by atoms with Gasteiger partial charge in [-0.2, -0.15) is 15.5 Å². The summed E-state index contributed by atoms with van der Waals surface area (Å²) in [6.45, 7) is 4.19. The van der Waals surface area contributed by atoms with E-state index in [0.29, 0.717) is 40.9 Å². The molecule has 4 aromatic heterocycles. The molecule has 0 spiro atoms. The molecule has 6 aromatic rings. The molecule has 0 saturated carbocycles. The molecular weight excluding hydrogens is 578 g/mol. The molecule has 12 heteroatoms. The fraction of sp³-hybridized carbons (Fsp3) is 0.147. The quantitative estimate of drug-likeness (QED) is 0.215. The average Bonchev–Trinajstić information content (AvgIpc) is 3.62. The van der Waals surface area contributed by atoms with Crippen molar-refractivity contribution in [2.75, 3.05) is 10.2 Å². The van der Waals surface area contributed by atoms with Gasteiger partial charge in [0.05, 0.1) is 35.0 Å². The Morgan fingerprint density at radius 1 is 0.935 bits per heavy atom. The predicted molar refractivity (Wildman–Crippen MR) is 175 cm³/mol. The number of nitrogens with one attached hydrogen (secondary N) is 2. The van der Waals surface area contributed by atoms with Crippen LogP contribution in [0, 0.1) is 25.2 Å². The number of aromatic nitrogens is 7. The monoisotopic (exact) mass is 609 g/mol. The molecule has 228 valence electrons. The second kappa shape index (κ2) is 12.7. The molecule has 46 heavy (non-hydrogen) atoms. The summed E-state index contributed by atoms with van der Waals surface area (Å²) in [5.74, 6) is 0.788. The maximum atomic E-state index is 13.6. The van der Waals surface area contributed by atoms with Crippen LogP contribution in [0.25, 0.3) is 22.4 Å². The minimum Gasteiger partial charge on any atom is -0.333 e. The number of nitriles is 1. The van der Waals surface area contributed by atoms with Crippen LogP contribution in [-0.4, -0.2) is 40.5 Å². The smallest absolute Gasteiger partial charge is 0.327 e. The fourth-order valence-corrected chi connectivity index (χ4v) is 5.12. The summed E-state index contributed by atoms with van der Waals surface area (Å²) >= 11 is 0. The van der Waals surface area contributed by atoms with E-state index in [9.17, 15) is 10.1 Å². The number of carbonyl (C=O) groups is 1. The van der Waals surface area contributed by atoms with Crippen LogP contribution in [0.3, 0.4) is 0 Å². The topological polar surface area (TPSA) is 142 Å². The number of hydrogen-bond acceptors (Lipinski definition) is 8. The van der Waals surface area contributed by atoms with Gasteiger partial charge >= 0.3 is 6.03 Å². The van der Waals surface area contributed by atoms with E-state index in [0.717, 1.165) is 33.6 Å². The zero-order valence-corrected chi connectivity index (χ0v) is 25.8. The van der Waals surface area contributed by atoms with Crippen molar-refractivity contribution in [2.24, 2.45) is 14.1 Å². The Labute approximate surface area is 266 Å². The second-order valence-corrected chi connectivity index (χ2v) is 10.7. The fourth-order valence-electron chi connectivity index (χ4n) is 5.12. The summed E-state index contributed by atoms with van der Waals surface area (Å²) in [5.41, 5.74) is 7.46. The Bertz CT molecular complexity index is 2040. The lowest BCUT2D eigenvalue weighted by molar-refractivity contribution is 0.248. The summed E-state index contributed by atoms with van der Waals surface area (Å²) in [5, 5.41) is 24.7. The third kappa shape index (κ3) is 6.15. The van der Waals surface area contributed by atoms with Crippen molar-refractivity contribution in [1.29, 1.82) is 5.26 Å². The van der Waals surface area contributed by atoms with Gasteiger partial charge in [-0.25, -0.2) is 24.6 Å². The molecule has 0 aliphatic carbocycles. The zero-order valence-electron chi connectivity index (χ0n) is 25.8. The number of pyridine rings is 1. The standard InChI is InChI=1S/C34H31N11O/c1-22-31(23(2)44(4)42-22)32-26(16-35)19-37-33(41-32)40-28-11-13-29(14-12-28)45(34(46)38-17-24-8-6-5-7-9-24)30-15-10-25(18-36-30)27-20-39-43(3)21-27/h5-15,18-21H,17H2,1-4H3,(H,38,46)(H,37,40,41). The molecular formula is C34H31N11O. The molecule has 0 fully saturated rings. The van der Waals surface area contributed by atoms with Gasteiger partial charge in [0.25, 0.3) is 0 Å². The molecule has 0 atom stereocenters. The molecule has 0 unspecified atom stereocenters. The molecule has 2 aromatic carbocycles. The Morgan fingerprint density at radius 2 is 1.72 bits per heavy atom. The first-order valence-electron chi connectivity index (χ1n) is 14.5. The largest absolute Gasteiger partial charge is 0.333 e. The van der Waals surface area contributed by atoms with Gasteiger partial charge in [0.15, 0.2) is 0 Å². The van der Waals surface area contributed by atoms with E-state index >= 15 is 0 Å². The molecule has 2 amide bonds. The van der Waals surface area contributed by atoms with Gasteiger partial charge in [0, 0.05) is 61.1 Å². The summed E-state index contributed by atoms with van der Waals surface area (Å²) in [4.78, 5) is 28.8. The van der Waals surface area contributed by atoms with Crippen LogP contribution in [0.2, 0.25) is 0 Å². The molecule has 4 heterocycles. The van der Waals surface area contributed by atoms with Crippen LogP contribution >= 0.6 is 0 Å². The number of nitrogens with zero attached hydrogens (tertiary/aromatic N) is 9.